The lowest BCUT2D eigenvalue weighted by molar-refractivity contribution is -0.157. The van der Waals surface area contributed by atoms with Gasteiger partial charge in [0.1, 0.15) is 67.0 Å². The zero-order valence-electron chi connectivity index (χ0n) is 63.7. The van der Waals surface area contributed by atoms with Crippen LogP contribution < -0.4 is 21.3 Å². The SMILES string of the molecule is CC[C@@H]1NC(=O)[C@H]([C@H](O)[C@H](C)C/C=C/c2ccc(C(=O)OCCn3ccnc3)cc2)N(C)C(=O)[C@H](C(C)C)N(C)C(=O)[C@H](CC(C)C)N(C)C(=O)[C@H](CC(C)C)N(C)C(=O)[C@@H](C)NC(=O)[C@H](C)NC(=O)[C@H](CC(C)C)N(C)C(=O)[C@H](C(C)C)NC(=O)[C@H](CC(C)C)N(C)C(=O)CN(C)C1=O. The third-order valence-corrected chi connectivity index (χ3v) is 18.4. The van der Waals surface area contributed by atoms with Gasteiger partial charge in [0.2, 0.25) is 65.0 Å². The first-order valence-corrected chi connectivity index (χ1v) is 35.2. The molecule has 5 N–H and O–H groups in total. The normalized spacial score (nSPS) is 24.5. The van der Waals surface area contributed by atoms with Gasteiger partial charge in [-0.05, 0) is 111 Å². The Balaban J connectivity index is 2.26. The van der Waals surface area contributed by atoms with Crippen LogP contribution in [0.3, 0.4) is 0 Å². The molecule has 100 heavy (non-hydrogen) atoms. The fourth-order valence-corrected chi connectivity index (χ4v) is 12.2. The van der Waals surface area contributed by atoms with E-state index >= 15 is 19.2 Å². The van der Waals surface area contributed by atoms with Gasteiger partial charge in [-0.2, -0.15) is 0 Å². The highest BCUT2D eigenvalue weighted by molar-refractivity contribution is 6.00. The Morgan fingerprint density at radius 2 is 1.03 bits per heavy atom. The average Bonchev–Trinajstić information content (AvgIpc) is 0.891. The van der Waals surface area contributed by atoms with Crippen molar-refractivity contribution in [2.45, 2.75) is 222 Å². The Morgan fingerprint density at radius 1 is 0.550 bits per heavy atom. The van der Waals surface area contributed by atoms with Crippen molar-refractivity contribution in [2.75, 3.05) is 62.5 Å². The van der Waals surface area contributed by atoms with Gasteiger partial charge in [-0.15, -0.1) is 0 Å². The molecule has 1 aliphatic heterocycles. The molecule has 1 saturated heterocycles. The van der Waals surface area contributed by atoms with Crippen molar-refractivity contribution in [1.82, 2.24) is 65.1 Å². The summed E-state index contributed by atoms with van der Waals surface area (Å²) in [4.78, 5) is 187. The molecule has 12 atom stereocenters. The van der Waals surface area contributed by atoms with E-state index in [1.807, 2.05) is 55.4 Å². The number of ether oxygens (including phenoxy) is 1. The van der Waals surface area contributed by atoms with Crippen LogP contribution in [0.25, 0.3) is 6.08 Å². The first kappa shape index (κ1) is 86.0. The second-order valence-corrected chi connectivity index (χ2v) is 29.5. The highest BCUT2D eigenvalue weighted by atomic mass is 16.5. The number of carbonyl (C=O) groups is 12. The van der Waals surface area contributed by atoms with E-state index in [1.54, 1.807) is 101 Å². The lowest BCUT2D eigenvalue weighted by atomic mass is 9.91. The fraction of sp³-hybridized carbons (Fsp3) is 0.685. The van der Waals surface area contributed by atoms with Gasteiger partial charge in [0, 0.05) is 61.7 Å². The maximum Gasteiger partial charge on any atom is 0.338 e. The third-order valence-electron chi connectivity index (χ3n) is 18.4. The quantitative estimate of drug-likeness (QED) is 0.114. The molecule has 1 aromatic heterocycles. The van der Waals surface area contributed by atoms with Crippen molar-refractivity contribution in [3.05, 3.63) is 60.2 Å². The molecular weight excluding hydrogens is 1280 g/mol. The predicted molar refractivity (Wildman–Crippen MR) is 382 cm³/mol. The molecule has 1 aromatic carbocycles. The van der Waals surface area contributed by atoms with E-state index in [2.05, 4.69) is 26.3 Å². The summed E-state index contributed by atoms with van der Waals surface area (Å²) in [6, 6.07) is -6.11. The zero-order valence-corrected chi connectivity index (χ0v) is 63.7. The second kappa shape index (κ2) is 39.7. The van der Waals surface area contributed by atoms with E-state index in [0.29, 0.717) is 17.7 Å². The second-order valence-electron chi connectivity index (χ2n) is 29.5. The molecular formula is C73H119N13O14. The minimum atomic E-state index is -1.72. The number of nitrogens with one attached hydrogen (secondary N) is 4. The lowest BCUT2D eigenvalue weighted by Crippen LogP contribution is -2.63. The molecule has 2 heterocycles. The smallest absolute Gasteiger partial charge is 0.338 e. The Morgan fingerprint density at radius 3 is 1.53 bits per heavy atom. The van der Waals surface area contributed by atoms with E-state index in [0.717, 1.165) is 9.80 Å². The Kier molecular flexibility index (Phi) is 34.1. The van der Waals surface area contributed by atoms with Crippen molar-refractivity contribution in [1.29, 1.82) is 0 Å². The summed E-state index contributed by atoms with van der Waals surface area (Å²) in [6.45, 7) is 27.9. The molecule has 1 fully saturated rings. The topological polar surface area (TPSA) is 323 Å². The van der Waals surface area contributed by atoms with Crippen LogP contribution >= 0.6 is 0 Å². The van der Waals surface area contributed by atoms with Gasteiger partial charge in [-0.1, -0.05) is 121 Å². The van der Waals surface area contributed by atoms with Crippen LogP contribution in [0.1, 0.15) is 165 Å². The first-order chi connectivity index (χ1) is 46.6. The van der Waals surface area contributed by atoms with Crippen LogP contribution in [-0.4, -0.2) is 249 Å². The lowest BCUT2D eigenvalue weighted by Gasteiger charge is -2.41. The molecule has 2 aromatic rings. The summed E-state index contributed by atoms with van der Waals surface area (Å²) in [5.74, 6) is -10.9. The molecule has 0 spiro atoms. The van der Waals surface area contributed by atoms with Gasteiger partial charge in [0.15, 0.2) is 0 Å². The molecule has 27 heteroatoms. The van der Waals surface area contributed by atoms with Crippen LogP contribution in [0, 0.1) is 41.4 Å². The number of likely N-dealkylation sites (N-methyl/N-ethyl adjacent to an activating group) is 7. The number of allylic oxidation sites excluding steroid dienone is 1. The third kappa shape index (κ3) is 24.3. The van der Waals surface area contributed by atoms with Gasteiger partial charge in [-0.3, -0.25) is 52.7 Å². The van der Waals surface area contributed by atoms with E-state index in [4.69, 9.17) is 4.74 Å². The molecule has 0 unspecified atom stereocenters. The molecule has 0 bridgehead atoms. The summed E-state index contributed by atoms with van der Waals surface area (Å²) in [6.07, 6.45) is 7.54. The highest BCUT2D eigenvalue weighted by Crippen LogP contribution is 2.26. The number of aromatic nitrogens is 2. The molecule has 1 aliphatic rings. The molecule has 560 valence electrons. The standard InChI is InChI=1S/C73H119N13O14/c1-24-53-68(94)79(17)40-58(87)80(18)54(36-42(2)3)65(91)78-59(46(10)11)71(97)81(19)55(37-43(4)5)64(90)75-49(15)63(89)76-50(16)67(93)82(20)56(38-44(6)7)69(95)83(21)57(39-45(8)9)70(96)84(22)60(47(12)13)72(98)85(23)61(66(92)77-53)62(88)48(14)26-25-27-51-28-30-52(31-29-51)73(99)100-35-34-86-33-32-74-41-86/h25,27-33,41-50,53-57,59-62,88H,24,26,34-40H2,1-23H3,(H,75,90)(H,76,89)(H,77,92)(H,78,91)/b27-25+/t48-,49+,50-,53+,54+,55+,56+,57+,59+,60+,61+,62-/m1/s1. The molecule has 3 rings (SSSR count). The average molecular weight is 1400 g/mol. The summed E-state index contributed by atoms with van der Waals surface area (Å²) in [5.41, 5.74) is 1.03. The zero-order chi connectivity index (χ0) is 76.1. The van der Waals surface area contributed by atoms with Crippen molar-refractivity contribution in [3.63, 3.8) is 0 Å². The number of rotatable bonds is 20. The first-order valence-electron chi connectivity index (χ1n) is 35.2. The van der Waals surface area contributed by atoms with Crippen molar-refractivity contribution in [3.8, 4) is 0 Å². The van der Waals surface area contributed by atoms with Crippen LogP contribution in [0.4, 0.5) is 0 Å². The molecule has 11 amide bonds. The number of hydrogen-bond acceptors (Lipinski definition) is 15. The Labute approximate surface area is 593 Å². The fourth-order valence-electron chi connectivity index (χ4n) is 12.2. The largest absolute Gasteiger partial charge is 0.460 e. The molecule has 0 aliphatic carbocycles. The van der Waals surface area contributed by atoms with E-state index < -0.39 is 162 Å². The van der Waals surface area contributed by atoms with E-state index in [1.165, 1.54) is 87.7 Å². The van der Waals surface area contributed by atoms with Gasteiger partial charge in [-0.25, -0.2) is 9.78 Å². The van der Waals surface area contributed by atoms with Crippen LogP contribution in [0.2, 0.25) is 0 Å². The number of carbonyl (C=O) groups excluding carboxylic acids is 12. The molecule has 27 nitrogen and oxygen atoms in total. The van der Waals surface area contributed by atoms with E-state index in [9.17, 15) is 43.5 Å². The number of esters is 1. The van der Waals surface area contributed by atoms with Gasteiger partial charge in [0.05, 0.1) is 31.1 Å². The number of benzene rings is 1. The highest BCUT2D eigenvalue weighted by Gasteiger charge is 2.46. The summed E-state index contributed by atoms with van der Waals surface area (Å²) in [5, 5.41) is 23.5. The molecule has 0 saturated carbocycles. The number of aliphatic hydroxyl groups is 1. The van der Waals surface area contributed by atoms with E-state index in [-0.39, 0.29) is 68.8 Å². The van der Waals surface area contributed by atoms with Crippen LogP contribution in [0.15, 0.2) is 49.1 Å². The number of imidazole rings is 1. The Bertz CT molecular complexity index is 3120. The van der Waals surface area contributed by atoms with Crippen molar-refractivity contribution < 1.29 is 67.4 Å². The minimum absolute atomic E-state index is 0.0265. The monoisotopic (exact) mass is 1400 g/mol. The maximum absolute atomic E-state index is 15.5. The number of aliphatic hydroxyl groups excluding tert-OH is 1. The predicted octanol–water partition coefficient (Wildman–Crippen LogP) is 4.46. The number of amides is 11. The van der Waals surface area contributed by atoms with Crippen molar-refractivity contribution >= 4 is 77.0 Å². The maximum atomic E-state index is 15.5. The summed E-state index contributed by atoms with van der Waals surface area (Å²) in [7, 11) is 9.82. The Hall–Kier alpha value is -8.23. The van der Waals surface area contributed by atoms with Crippen molar-refractivity contribution in [2.24, 2.45) is 41.4 Å². The summed E-state index contributed by atoms with van der Waals surface area (Å²) < 4.78 is 7.22. The summed E-state index contributed by atoms with van der Waals surface area (Å²) >= 11 is 0. The molecule has 0 radical (unpaired) electrons. The van der Waals surface area contributed by atoms with Gasteiger partial charge < -0.3 is 70.0 Å². The van der Waals surface area contributed by atoms with Crippen LogP contribution in [-0.2, 0) is 64.0 Å². The van der Waals surface area contributed by atoms with Gasteiger partial charge >= 0.3 is 5.97 Å². The number of hydrogen-bond donors (Lipinski definition) is 5. The van der Waals surface area contributed by atoms with Gasteiger partial charge in [0.25, 0.3) is 0 Å². The number of nitrogens with zero attached hydrogens (tertiary/aromatic N) is 9. The van der Waals surface area contributed by atoms with Crippen LogP contribution in [0.5, 0.6) is 0 Å². The minimum Gasteiger partial charge on any atom is -0.460 e.